The van der Waals surface area contributed by atoms with E-state index in [1.165, 1.54) is 21.5 Å². The largest absolute Gasteiger partial charge is 0.481 e. The van der Waals surface area contributed by atoms with E-state index in [-0.39, 0.29) is 44.8 Å². The third-order valence-corrected chi connectivity index (χ3v) is 7.42. The molecule has 3 amide bonds. The highest BCUT2D eigenvalue weighted by Gasteiger charge is 2.25. The number of unbranched alkanes of at least 4 members (excludes halogenated alkanes) is 3. The van der Waals surface area contributed by atoms with Crippen LogP contribution in [0.4, 0.5) is 4.79 Å². The third-order valence-electron chi connectivity index (χ3n) is 7.42. The van der Waals surface area contributed by atoms with Crippen LogP contribution in [0.25, 0.3) is 0 Å². The molecule has 2 atom stereocenters. The van der Waals surface area contributed by atoms with E-state index in [1.54, 1.807) is 12.4 Å². The van der Waals surface area contributed by atoms with E-state index in [2.05, 4.69) is 25.9 Å². The standard InChI is InChI=1S/C30H44N8O12/c39-24(33-10-4-3-6-20(28(46)47)34-30(50)35-21(29(48)49)8-9-25(40)41)7-2-1-5-13-36(16-22-31-11-14-37(22)18-26(42)43)17-23-32-12-15-38(23)19-27(44)45/h11-12,14-15,20-21H,1-10,13,16-19H2,(H,33,39)(H,40,41)(H,42,43)(H,44,45)(H,46,47)(H,48,49)(H2,34,35,50)/t20-,21-/m0/s1. The number of urea groups is 1. The topological polar surface area (TPSA) is 296 Å². The van der Waals surface area contributed by atoms with Gasteiger partial charge in [0.2, 0.25) is 5.91 Å². The molecule has 0 aliphatic heterocycles. The molecule has 0 saturated carbocycles. The summed E-state index contributed by atoms with van der Waals surface area (Å²) in [6.45, 7) is 0.878. The van der Waals surface area contributed by atoms with Crippen molar-refractivity contribution in [2.45, 2.75) is 96.1 Å². The summed E-state index contributed by atoms with van der Waals surface area (Å²) in [5.74, 6) is -5.21. The van der Waals surface area contributed by atoms with Crippen LogP contribution in [0.5, 0.6) is 0 Å². The Morgan fingerprint density at radius 3 is 1.70 bits per heavy atom. The summed E-state index contributed by atoms with van der Waals surface area (Å²) in [5.41, 5.74) is 0. The van der Waals surface area contributed by atoms with Gasteiger partial charge in [0.15, 0.2) is 0 Å². The van der Waals surface area contributed by atoms with E-state index in [0.717, 1.165) is 0 Å². The zero-order valence-corrected chi connectivity index (χ0v) is 27.4. The normalized spacial score (nSPS) is 12.2. The number of rotatable bonds is 26. The third kappa shape index (κ3) is 16.0. The fraction of sp³-hybridized carbons (Fsp3) is 0.567. The van der Waals surface area contributed by atoms with Gasteiger partial charge in [-0.05, 0) is 45.1 Å². The highest BCUT2D eigenvalue weighted by molar-refractivity contribution is 5.86. The van der Waals surface area contributed by atoms with Crippen LogP contribution in [-0.4, -0.2) is 116 Å². The number of nitrogens with one attached hydrogen (secondary N) is 3. The molecular weight excluding hydrogens is 664 g/mol. The second-order valence-electron chi connectivity index (χ2n) is 11.4. The number of nitrogens with zero attached hydrogens (tertiary/aromatic N) is 5. The number of amides is 3. The minimum atomic E-state index is -1.50. The monoisotopic (exact) mass is 708 g/mol. The number of hydrogen-bond acceptors (Lipinski definition) is 10. The lowest BCUT2D eigenvalue weighted by atomic mass is 10.1. The zero-order valence-electron chi connectivity index (χ0n) is 27.4. The minimum absolute atomic E-state index is 0.00902. The number of carboxylic acids is 5. The number of carbonyl (C=O) groups is 7. The quantitative estimate of drug-likeness (QED) is 0.0604. The SMILES string of the molecule is O=C(O)CC[C@H](NC(=O)N[C@@H](CCCCNC(=O)CCCCCN(Cc1nccn1CC(=O)O)Cc1nccn1CC(=O)O)C(=O)O)C(=O)O. The molecule has 2 aromatic heterocycles. The predicted octanol–water partition coefficient (Wildman–Crippen LogP) is 0.168. The molecule has 0 radical (unpaired) electrons. The average Bonchev–Trinajstić information content (AvgIpc) is 3.65. The summed E-state index contributed by atoms with van der Waals surface area (Å²) in [6, 6.07) is -3.88. The fourth-order valence-electron chi connectivity index (χ4n) is 4.90. The summed E-state index contributed by atoms with van der Waals surface area (Å²) in [7, 11) is 0. The maximum absolute atomic E-state index is 12.3. The van der Waals surface area contributed by atoms with Gasteiger partial charge >= 0.3 is 35.9 Å². The van der Waals surface area contributed by atoms with Gasteiger partial charge in [-0.15, -0.1) is 0 Å². The molecular formula is C30H44N8O12. The molecule has 0 spiro atoms. The van der Waals surface area contributed by atoms with Crippen molar-refractivity contribution in [2.24, 2.45) is 0 Å². The summed E-state index contributed by atoms with van der Waals surface area (Å²) in [4.78, 5) is 91.0. The number of hydrogen-bond donors (Lipinski definition) is 8. The molecule has 0 unspecified atom stereocenters. The van der Waals surface area contributed by atoms with Crippen LogP contribution in [-0.2, 0) is 54.9 Å². The first-order chi connectivity index (χ1) is 23.7. The van der Waals surface area contributed by atoms with Crippen LogP contribution in [0.1, 0.15) is 69.4 Å². The van der Waals surface area contributed by atoms with Crippen molar-refractivity contribution in [3.63, 3.8) is 0 Å². The van der Waals surface area contributed by atoms with Gasteiger partial charge in [-0.25, -0.2) is 24.4 Å². The smallest absolute Gasteiger partial charge is 0.326 e. The Labute approximate surface area is 286 Å². The van der Waals surface area contributed by atoms with Gasteiger partial charge in [0.05, 0.1) is 13.1 Å². The van der Waals surface area contributed by atoms with Crippen molar-refractivity contribution in [3.05, 3.63) is 36.4 Å². The van der Waals surface area contributed by atoms with E-state index in [9.17, 15) is 48.9 Å². The maximum atomic E-state index is 12.3. The van der Waals surface area contributed by atoms with Crippen molar-refractivity contribution in [3.8, 4) is 0 Å². The van der Waals surface area contributed by atoms with Crippen molar-refractivity contribution in [1.82, 2.24) is 40.0 Å². The zero-order chi connectivity index (χ0) is 37.1. The van der Waals surface area contributed by atoms with Crippen molar-refractivity contribution < 1.29 is 59.1 Å². The van der Waals surface area contributed by atoms with Gasteiger partial charge in [0, 0.05) is 44.2 Å². The van der Waals surface area contributed by atoms with E-state index >= 15 is 0 Å². The first-order valence-electron chi connectivity index (χ1n) is 15.9. The van der Waals surface area contributed by atoms with Gasteiger partial charge in [-0.2, -0.15) is 0 Å². The van der Waals surface area contributed by atoms with Crippen molar-refractivity contribution in [2.75, 3.05) is 13.1 Å². The molecule has 2 heterocycles. The summed E-state index contributed by atoms with van der Waals surface area (Å²) in [5, 5.41) is 52.7. The Balaban J connectivity index is 1.75. The molecule has 8 N–H and O–H groups in total. The number of aromatic nitrogens is 4. The van der Waals surface area contributed by atoms with Crippen molar-refractivity contribution >= 4 is 41.8 Å². The molecule has 0 bridgehead atoms. The van der Waals surface area contributed by atoms with Gasteiger partial charge in [0.25, 0.3) is 0 Å². The van der Waals surface area contributed by atoms with Gasteiger partial charge in [0.1, 0.15) is 36.8 Å². The molecule has 276 valence electrons. The van der Waals surface area contributed by atoms with E-state index < -0.39 is 54.4 Å². The Morgan fingerprint density at radius 1 is 0.660 bits per heavy atom. The maximum Gasteiger partial charge on any atom is 0.326 e. The minimum Gasteiger partial charge on any atom is -0.481 e. The molecule has 50 heavy (non-hydrogen) atoms. The van der Waals surface area contributed by atoms with Crippen LogP contribution >= 0.6 is 0 Å². The lowest BCUT2D eigenvalue weighted by molar-refractivity contribution is -0.141. The predicted molar refractivity (Wildman–Crippen MR) is 171 cm³/mol. The molecule has 20 nitrogen and oxygen atoms in total. The van der Waals surface area contributed by atoms with E-state index in [1.807, 2.05) is 4.90 Å². The molecule has 2 rings (SSSR count). The summed E-state index contributed by atoms with van der Waals surface area (Å²) >= 11 is 0. The Hall–Kier alpha value is -5.53. The number of carbonyl (C=O) groups excluding carboxylic acids is 2. The average molecular weight is 709 g/mol. The van der Waals surface area contributed by atoms with E-state index in [0.29, 0.717) is 63.4 Å². The number of carboxylic acid groups (broad SMARTS) is 5. The van der Waals surface area contributed by atoms with Crippen molar-refractivity contribution in [1.29, 1.82) is 0 Å². The highest BCUT2D eigenvalue weighted by Crippen LogP contribution is 2.12. The molecule has 20 heteroatoms. The molecule has 0 aromatic carbocycles. The lowest BCUT2D eigenvalue weighted by Gasteiger charge is -2.22. The highest BCUT2D eigenvalue weighted by atomic mass is 16.4. The summed E-state index contributed by atoms with van der Waals surface area (Å²) in [6.07, 6.45) is 8.21. The van der Waals surface area contributed by atoms with Crippen LogP contribution < -0.4 is 16.0 Å². The molecule has 2 aromatic rings. The first-order valence-corrected chi connectivity index (χ1v) is 15.9. The molecule has 0 saturated heterocycles. The fourth-order valence-corrected chi connectivity index (χ4v) is 4.90. The first kappa shape index (κ1) is 40.6. The summed E-state index contributed by atoms with van der Waals surface area (Å²) < 4.78 is 3.03. The molecule has 0 aliphatic rings. The van der Waals surface area contributed by atoms with E-state index in [4.69, 9.17) is 10.2 Å². The second kappa shape index (κ2) is 21.4. The number of imidazole rings is 2. The van der Waals surface area contributed by atoms with Crippen LogP contribution in [0, 0.1) is 0 Å². The van der Waals surface area contributed by atoms with Gasteiger partial charge in [-0.1, -0.05) is 6.42 Å². The van der Waals surface area contributed by atoms with Crippen LogP contribution in [0.3, 0.4) is 0 Å². The van der Waals surface area contributed by atoms with Gasteiger partial charge in [-0.3, -0.25) is 24.1 Å². The molecule has 0 aliphatic carbocycles. The molecule has 0 fully saturated rings. The Morgan fingerprint density at radius 2 is 1.20 bits per heavy atom. The Bertz CT molecular complexity index is 1400. The number of aliphatic carboxylic acids is 5. The Kier molecular flexibility index (Phi) is 17.4. The van der Waals surface area contributed by atoms with Crippen LogP contribution in [0.2, 0.25) is 0 Å². The van der Waals surface area contributed by atoms with Gasteiger partial charge < -0.3 is 50.6 Å². The second-order valence-corrected chi connectivity index (χ2v) is 11.4. The van der Waals surface area contributed by atoms with Crippen LogP contribution in [0.15, 0.2) is 24.8 Å². The lowest BCUT2D eigenvalue weighted by Crippen LogP contribution is -2.51.